The fourth-order valence-electron chi connectivity index (χ4n) is 3.47. The molecule has 9 heteroatoms. The molecule has 1 aliphatic heterocycles. The molecule has 1 N–H and O–H groups in total. The van der Waals surface area contributed by atoms with Gasteiger partial charge in [0.05, 0.1) is 5.56 Å². The smallest absolute Gasteiger partial charge is 0.256 e. The number of carbonyl (C=O) groups is 2. The molecule has 156 valence electrons. The number of likely N-dealkylation sites (tertiary alicyclic amines) is 1. The van der Waals surface area contributed by atoms with Crippen LogP contribution in [0.3, 0.4) is 0 Å². The Hall–Kier alpha value is -2.42. The summed E-state index contributed by atoms with van der Waals surface area (Å²) in [6.07, 6.45) is 2.89. The van der Waals surface area contributed by atoms with Crippen LogP contribution in [0.4, 0.5) is 13.9 Å². The van der Waals surface area contributed by atoms with Crippen molar-refractivity contribution >= 4 is 28.3 Å². The van der Waals surface area contributed by atoms with Crippen molar-refractivity contribution in [3.63, 3.8) is 0 Å². The van der Waals surface area contributed by atoms with E-state index in [1.807, 2.05) is 0 Å². The molecule has 6 nitrogen and oxygen atoms in total. The Kier molecular flexibility index (Phi) is 6.89. The molecule has 0 aliphatic carbocycles. The monoisotopic (exact) mass is 422 g/mol. The maximum absolute atomic E-state index is 13.8. The molecule has 1 aromatic heterocycles. The number of carbonyl (C=O) groups excluding carboxylic acids is 2. The molecule has 2 aromatic rings. The summed E-state index contributed by atoms with van der Waals surface area (Å²) < 4.78 is 26.9. The third-order valence-corrected chi connectivity index (χ3v) is 6.32. The lowest BCUT2D eigenvalue weighted by Crippen LogP contribution is -2.41. The Morgan fingerprint density at radius 1 is 1.21 bits per heavy atom. The topological polar surface area (TPSA) is 75.2 Å². The van der Waals surface area contributed by atoms with E-state index >= 15 is 0 Å². The van der Waals surface area contributed by atoms with Crippen molar-refractivity contribution in [2.45, 2.75) is 45.4 Å². The minimum Gasteiger partial charge on any atom is -0.339 e. The van der Waals surface area contributed by atoms with E-state index in [1.54, 1.807) is 0 Å². The third-order valence-electron chi connectivity index (χ3n) is 5.32. The largest absolute Gasteiger partial charge is 0.339 e. The Labute approximate surface area is 172 Å². The van der Waals surface area contributed by atoms with Crippen LogP contribution in [0.25, 0.3) is 0 Å². The molecule has 0 radical (unpaired) electrons. The maximum Gasteiger partial charge on any atom is 0.256 e. The number of hydrogen-bond acceptors (Lipinski definition) is 5. The Morgan fingerprint density at radius 2 is 1.90 bits per heavy atom. The van der Waals surface area contributed by atoms with Crippen molar-refractivity contribution in [3.8, 4) is 0 Å². The number of benzene rings is 1. The normalized spacial score (nSPS) is 15.0. The Balaban J connectivity index is 1.55. The SMILES string of the molecule is CCC(CC)c1nnc(NC(=O)C2CCN(C(=O)c3ccc(F)cc3F)CC2)s1. The van der Waals surface area contributed by atoms with E-state index in [4.69, 9.17) is 0 Å². The van der Waals surface area contributed by atoms with E-state index < -0.39 is 17.5 Å². The second kappa shape index (κ2) is 9.39. The molecule has 3 rings (SSSR count). The second-order valence-electron chi connectivity index (χ2n) is 7.14. The molecule has 1 saturated heterocycles. The molecule has 0 bridgehead atoms. The van der Waals surface area contributed by atoms with Crippen molar-refractivity contribution < 1.29 is 18.4 Å². The summed E-state index contributed by atoms with van der Waals surface area (Å²) >= 11 is 1.40. The maximum atomic E-state index is 13.8. The first-order chi connectivity index (χ1) is 13.9. The number of aromatic nitrogens is 2. The fraction of sp³-hybridized carbons (Fsp3) is 0.500. The van der Waals surface area contributed by atoms with E-state index in [9.17, 15) is 18.4 Å². The van der Waals surface area contributed by atoms with Crippen LogP contribution in [0, 0.1) is 17.6 Å². The van der Waals surface area contributed by atoms with Crippen molar-refractivity contribution in [1.82, 2.24) is 15.1 Å². The summed E-state index contributed by atoms with van der Waals surface area (Å²) in [5.74, 6) is -2.13. The van der Waals surface area contributed by atoms with Gasteiger partial charge in [0.25, 0.3) is 5.91 Å². The number of amides is 2. The molecule has 2 heterocycles. The van der Waals surface area contributed by atoms with Crippen molar-refractivity contribution in [1.29, 1.82) is 0 Å². The van der Waals surface area contributed by atoms with Crippen LogP contribution in [0.2, 0.25) is 0 Å². The number of halogens is 2. The van der Waals surface area contributed by atoms with Gasteiger partial charge < -0.3 is 10.2 Å². The lowest BCUT2D eigenvalue weighted by Gasteiger charge is -2.31. The molecule has 0 atom stereocenters. The first kappa shape index (κ1) is 21.3. The molecule has 1 fully saturated rings. The van der Waals surface area contributed by atoms with Gasteiger partial charge in [0.15, 0.2) is 0 Å². The second-order valence-corrected chi connectivity index (χ2v) is 8.15. The summed E-state index contributed by atoms with van der Waals surface area (Å²) in [6, 6.07) is 2.92. The van der Waals surface area contributed by atoms with Gasteiger partial charge in [-0.2, -0.15) is 0 Å². The zero-order chi connectivity index (χ0) is 21.0. The van der Waals surface area contributed by atoms with E-state index in [0.29, 0.717) is 43.0 Å². The fourth-order valence-corrected chi connectivity index (χ4v) is 4.49. The van der Waals surface area contributed by atoms with E-state index in [2.05, 4.69) is 29.4 Å². The lowest BCUT2D eigenvalue weighted by atomic mass is 9.95. The van der Waals surface area contributed by atoms with Gasteiger partial charge >= 0.3 is 0 Å². The van der Waals surface area contributed by atoms with Crippen LogP contribution in [-0.4, -0.2) is 40.0 Å². The van der Waals surface area contributed by atoms with E-state index in [0.717, 1.165) is 30.0 Å². The molecule has 0 unspecified atom stereocenters. The van der Waals surface area contributed by atoms with Gasteiger partial charge in [0.2, 0.25) is 11.0 Å². The molecule has 0 saturated carbocycles. The first-order valence-electron chi connectivity index (χ1n) is 9.81. The Bertz CT molecular complexity index is 877. The zero-order valence-corrected chi connectivity index (χ0v) is 17.3. The van der Waals surface area contributed by atoms with Gasteiger partial charge in [-0.1, -0.05) is 25.2 Å². The molecular formula is C20H24F2N4O2S. The average Bonchev–Trinajstić information content (AvgIpc) is 3.17. The summed E-state index contributed by atoms with van der Waals surface area (Å²) in [7, 11) is 0. The van der Waals surface area contributed by atoms with Gasteiger partial charge in [-0.3, -0.25) is 9.59 Å². The van der Waals surface area contributed by atoms with Gasteiger partial charge in [0.1, 0.15) is 16.6 Å². The summed E-state index contributed by atoms with van der Waals surface area (Å²) in [6.45, 7) is 4.87. The van der Waals surface area contributed by atoms with Crippen molar-refractivity contribution in [2.24, 2.45) is 5.92 Å². The number of nitrogens with one attached hydrogen (secondary N) is 1. The standard InChI is InChI=1S/C20H24F2N4O2S/c1-3-12(4-2)18-24-25-20(29-18)23-17(27)13-7-9-26(10-8-13)19(28)15-6-5-14(21)11-16(15)22/h5-6,11-13H,3-4,7-10H2,1-2H3,(H,23,25,27). The number of anilines is 1. The van der Waals surface area contributed by atoms with E-state index in [1.165, 1.54) is 16.2 Å². The van der Waals surface area contributed by atoms with Crippen LogP contribution in [0.15, 0.2) is 18.2 Å². The van der Waals surface area contributed by atoms with Gasteiger partial charge in [-0.25, -0.2) is 8.78 Å². The van der Waals surface area contributed by atoms with Crippen molar-refractivity contribution in [3.05, 3.63) is 40.4 Å². The highest BCUT2D eigenvalue weighted by Gasteiger charge is 2.29. The number of nitrogens with zero attached hydrogens (tertiary/aromatic N) is 3. The van der Waals surface area contributed by atoms with E-state index in [-0.39, 0.29) is 17.4 Å². The predicted molar refractivity (Wildman–Crippen MR) is 107 cm³/mol. The van der Waals surface area contributed by atoms with Crippen LogP contribution >= 0.6 is 11.3 Å². The van der Waals surface area contributed by atoms with Crippen LogP contribution in [0.1, 0.15) is 60.8 Å². The third kappa shape index (κ3) is 4.95. The molecule has 1 aromatic carbocycles. The molecule has 2 amide bonds. The summed E-state index contributed by atoms with van der Waals surface area (Å²) in [5.41, 5.74) is -0.155. The molecule has 29 heavy (non-hydrogen) atoms. The minimum absolute atomic E-state index is 0.141. The van der Waals surface area contributed by atoms with Crippen LogP contribution in [0.5, 0.6) is 0 Å². The molecular weight excluding hydrogens is 398 g/mol. The number of rotatable bonds is 6. The average molecular weight is 423 g/mol. The minimum atomic E-state index is -0.876. The zero-order valence-electron chi connectivity index (χ0n) is 16.5. The molecule has 0 spiro atoms. The van der Waals surface area contributed by atoms with Crippen LogP contribution in [-0.2, 0) is 4.79 Å². The van der Waals surface area contributed by atoms with Crippen molar-refractivity contribution in [2.75, 3.05) is 18.4 Å². The Morgan fingerprint density at radius 3 is 2.52 bits per heavy atom. The number of piperidine rings is 1. The highest BCUT2D eigenvalue weighted by Crippen LogP contribution is 2.29. The quantitative estimate of drug-likeness (QED) is 0.757. The summed E-state index contributed by atoms with van der Waals surface area (Å²) in [5, 5.41) is 12.5. The highest BCUT2D eigenvalue weighted by atomic mass is 32.1. The number of hydrogen-bond donors (Lipinski definition) is 1. The first-order valence-corrected chi connectivity index (χ1v) is 10.6. The lowest BCUT2D eigenvalue weighted by molar-refractivity contribution is -0.121. The van der Waals surface area contributed by atoms with Gasteiger partial charge in [-0.05, 0) is 37.8 Å². The molecule has 1 aliphatic rings. The highest BCUT2D eigenvalue weighted by molar-refractivity contribution is 7.15. The van der Waals surface area contributed by atoms with Gasteiger partial charge in [0, 0.05) is 31.0 Å². The predicted octanol–water partition coefficient (Wildman–Crippen LogP) is 4.21. The summed E-state index contributed by atoms with van der Waals surface area (Å²) in [4.78, 5) is 26.5. The van der Waals surface area contributed by atoms with Crippen LogP contribution < -0.4 is 5.32 Å². The van der Waals surface area contributed by atoms with Gasteiger partial charge in [-0.15, -0.1) is 10.2 Å².